The highest BCUT2D eigenvalue weighted by atomic mass is 15.0. The first kappa shape index (κ1) is 44.2. The lowest BCUT2D eigenvalue weighted by molar-refractivity contribution is 0.569. The molecule has 2 nitrogen and oxygen atoms in total. The molecule has 0 radical (unpaired) electrons. The molecule has 3 heterocycles. The van der Waals surface area contributed by atoms with Crippen LogP contribution >= 0.6 is 0 Å². The highest BCUT2D eigenvalue weighted by molar-refractivity contribution is 6.73. The summed E-state index contributed by atoms with van der Waals surface area (Å²) in [6.45, 7) is 44.8. The fraction of sp³-hybridized carbons (Fsp3) is 0.410. The Morgan fingerprint density at radius 2 is 0.922 bits per heavy atom. The van der Waals surface area contributed by atoms with Crippen LogP contribution in [0.5, 0.6) is 0 Å². The van der Waals surface area contributed by atoms with Gasteiger partial charge in [-0.1, -0.05) is 166 Å². The number of nitrogens with one attached hydrogen (secondary N) is 1. The van der Waals surface area contributed by atoms with Gasteiger partial charge in [0.2, 0.25) is 0 Å². The van der Waals surface area contributed by atoms with Crippen molar-refractivity contribution in [3.8, 4) is 27.9 Å². The zero-order valence-corrected chi connectivity index (χ0v) is 42.7. The van der Waals surface area contributed by atoms with Gasteiger partial charge in [-0.2, -0.15) is 0 Å². The lowest BCUT2D eigenvalue weighted by atomic mass is 9.57. The Labute approximate surface area is 385 Å². The topological polar surface area (TPSA) is 20.7 Å². The van der Waals surface area contributed by atoms with Gasteiger partial charge in [-0.15, -0.1) is 0 Å². The molecule has 8 aromatic rings. The van der Waals surface area contributed by atoms with Crippen molar-refractivity contribution in [1.82, 2.24) is 9.55 Å². The van der Waals surface area contributed by atoms with Crippen molar-refractivity contribution in [3.63, 3.8) is 0 Å². The quantitative estimate of drug-likeness (QED) is 0.167. The van der Waals surface area contributed by atoms with E-state index >= 15 is 0 Å². The molecule has 0 amide bonds. The summed E-state index contributed by atoms with van der Waals surface area (Å²) in [4.78, 5) is 4.06. The van der Waals surface area contributed by atoms with E-state index in [2.05, 4.69) is 226 Å². The van der Waals surface area contributed by atoms with Crippen LogP contribution < -0.4 is 10.9 Å². The van der Waals surface area contributed by atoms with E-state index in [1.165, 1.54) is 121 Å². The number of aromatic amines is 1. The number of nitrogens with zero attached hydrogens (tertiary/aromatic N) is 1. The molecule has 330 valence electrons. The number of hydrogen-bond acceptors (Lipinski definition) is 0. The number of benzene rings is 6. The zero-order valence-electron chi connectivity index (χ0n) is 42.7. The van der Waals surface area contributed by atoms with Crippen molar-refractivity contribution in [3.05, 3.63) is 124 Å². The Morgan fingerprint density at radius 1 is 0.438 bits per heavy atom. The van der Waals surface area contributed by atoms with E-state index in [1.807, 2.05) is 0 Å². The molecule has 0 saturated carbocycles. The number of aromatic nitrogens is 2. The maximum absolute atomic E-state index is 4.06. The Balaban J connectivity index is 1.49. The van der Waals surface area contributed by atoms with Gasteiger partial charge in [-0.25, -0.2) is 0 Å². The summed E-state index contributed by atoms with van der Waals surface area (Å²) in [7, 11) is 0.861. The van der Waals surface area contributed by atoms with Gasteiger partial charge in [0.1, 0.15) is 0 Å². The molecule has 2 aromatic heterocycles. The van der Waals surface area contributed by atoms with Gasteiger partial charge in [-0.3, -0.25) is 0 Å². The van der Waals surface area contributed by atoms with Crippen molar-refractivity contribution in [2.24, 2.45) is 0 Å². The molecule has 0 unspecified atom stereocenters. The average Bonchev–Trinajstić information content (AvgIpc) is 3.71. The first-order valence-electron chi connectivity index (χ1n) is 24.0. The normalized spacial score (nSPS) is 14.0. The summed E-state index contributed by atoms with van der Waals surface area (Å²) >= 11 is 0. The van der Waals surface area contributed by atoms with Gasteiger partial charge in [0, 0.05) is 43.8 Å². The van der Waals surface area contributed by atoms with Gasteiger partial charge < -0.3 is 9.55 Å². The largest absolute Gasteiger partial charge is 0.354 e. The number of rotatable bonds is 2. The predicted octanol–water partition coefficient (Wildman–Crippen LogP) is 15.5. The molecule has 0 spiro atoms. The van der Waals surface area contributed by atoms with Gasteiger partial charge in [0.15, 0.2) is 7.28 Å². The maximum Gasteiger partial charge on any atom is 0.198 e. The Kier molecular flexibility index (Phi) is 9.67. The van der Waals surface area contributed by atoms with Gasteiger partial charge in [-0.05, 0) is 149 Å². The Hall–Kier alpha value is -5.02. The second kappa shape index (κ2) is 14.0. The maximum atomic E-state index is 4.06. The highest BCUT2D eigenvalue weighted by Crippen LogP contribution is 2.46. The van der Waals surface area contributed by atoms with E-state index in [0.717, 1.165) is 7.28 Å². The second-order valence-corrected chi connectivity index (χ2v) is 25.8. The summed E-state index contributed by atoms with van der Waals surface area (Å²) < 4.78 is 2.66. The van der Waals surface area contributed by atoms with Crippen LogP contribution in [0.3, 0.4) is 0 Å². The molecule has 64 heavy (non-hydrogen) atoms. The SMILES string of the molecule is Cc1c(-c2cc(C(C)(C)C)cc(C(C)(C)C)c2)cc2c(c1-c1cc(C(C)(C)C)cc3c1[nH]c1ccc(C(C)(C)C)cc13)Bc1cc(C(C)(C)C)cc3c4cc(C(C)(C)C)ccc4n-2c13. The average molecular weight is 845 g/mol. The Morgan fingerprint density at radius 3 is 1.48 bits per heavy atom. The standard InChI is InChI=1S/C61H73BN2/c1-34-42(35-24-38(58(8,9)10)26-39(25-35)59(11,12)13)33-51-53(52(34)47-31-40(60(14,15)16)29-45-43-27-36(56(2,3)4)20-22-49(43)63-54(45)47)62-48-32-41(61(17,18)19)30-46-44-28-37(57(5,6)7)21-23-50(44)64(51)55(46)48/h20-33,62-63H,1-19H3. The third-order valence-corrected chi connectivity index (χ3v) is 14.6. The van der Waals surface area contributed by atoms with Crippen molar-refractivity contribution in [2.75, 3.05) is 0 Å². The first-order valence-corrected chi connectivity index (χ1v) is 24.0. The van der Waals surface area contributed by atoms with Crippen LogP contribution in [0.2, 0.25) is 0 Å². The van der Waals surface area contributed by atoms with E-state index in [4.69, 9.17) is 0 Å². The molecule has 9 rings (SSSR count). The van der Waals surface area contributed by atoms with Crippen LogP contribution in [0, 0.1) is 6.92 Å². The Bertz CT molecular complexity index is 3190. The van der Waals surface area contributed by atoms with E-state index < -0.39 is 0 Å². The second-order valence-electron chi connectivity index (χ2n) is 25.8. The fourth-order valence-corrected chi connectivity index (χ4v) is 10.3. The predicted molar refractivity (Wildman–Crippen MR) is 284 cm³/mol. The van der Waals surface area contributed by atoms with Crippen molar-refractivity contribution in [2.45, 2.75) is 164 Å². The summed E-state index contributed by atoms with van der Waals surface area (Å²) in [6.07, 6.45) is 0. The minimum Gasteiger partial charge on any atom is -0.354 e. The van der Waals surface area contributed by atoms with Crippen LogP contribution in [0.15, 0.2) is 84.9 Å². The van der Waals surface area contributed by atoms with Gasteiger partial charge >= 0.3 is 0 Å². The minimum absolute atomic E-state index is 0.00404. The van der Waals surface area contributed by atoms with E-state index in [0.29, 0.717) is 0 Å². The zero-order chi connectivity index (χ0) is 46.6. The number of H-pyrrole nitrogens is 1. The summed E-state index contributed by atoms with van der Waals surface area (Å²) in [5, 5.41) is 5.32. The van der Waals surface area contributed by atoms with Crippen LogP contribution in [0.25, 0.3) is 71.6 Å². The molecule has 1 aliphatic heterocycles. The van der Waals surface area contributed by atoms with Crippen molar-refractivity contribution < 1.29 is 0 Å². The van der Waals surface area contributed by atoms with Crippen LogP contribution in [-0.2, 0) is 32.5 Å². The molecule has 0 saturated heterocycles. The molecule has 1 aliphatic rings. The third-order valence-electron chi connectivity index (χ3n) is 14.6. The molecule has 0 fully saturated rings. The van der Waals surface area contributed by atoms with Crippen molar-refractivity contribution in [1.29, 1.82) is 0 Å². The third kappa shape index (κ3) is 7.25. The fourth-order valence-electron chi connectivity index (χ4n) is 10.3. The van der Waals surface area contributed by atoms with Crippen LogP contribution in [0.1, 0.15) is 164 Å². The summed E-state index contributed by atoms with van der Waals surface area (Å²) in [6, 6.07) is 34.5. The monoisotopic (exact) mass is 845 g/mol. The summed E-state index contributed by atoms with van der Waals surface area (Å²) in [5.74, 6) is 0. The van der Waals surface area contributed by atoms with Crippen LogP contribution in [0.4, 0.5) is 0 Å². The van der Waals surface area contributed by atoms with E-state index in [-0.39, 0.29) is 32.5 Å². The van der Waals surface area contributed by atoms with E-state index in [1.54, 1.807) is 0 Å². The lowest BCUT2D eigenvalue weighted by Crippen LogP contribution is -2.38. The molecular weight excluding hydrogens is 771 g/mol. The van der Waals surface area contributed by atoms with Gasteiger partial charge in [0.25, 0.3) is 0 Å². The van der Waals surface area contributed by atoms with E-state index in [9.17, 15) is 0 Å². The number of hydrogen-bond donors (Lipinski definition) is 1. The molecule has 0 atom stereocenters. The first-order chi connectivity index (χ1) is 29.4. The van der Waals surface area contributed by atoms with Crippen molar-refractivity contribution >= 4 is 61.8 Å². The smallest absolute Gasteiger partial charge is 0.198 e. The molecule has 0 aliphatic carbocycles. The van der Waals surface area contributed by atoms with Gasteiger partial charge in [0.05, 0.1) is 11.0 Å². The van der Waals surface area contributed by atoms with Crippen LogP contribution in [-0.4, -0.2) is 16.8 Å². The highest BCUT2D eigenvalue weighted by Gasteiger charge is 2.33. The lowest BCUT2D eigenvalue weighted by Gasteiger charge is -2.30. The molecule has 0 bridgehead atoms. The minimum atomic E-state index is -0.0653. The number of fused-ring (bicyclic) bond motifs is 8. The molecular formula is C61H73BN2. The summed E-state index contributed by atoms with van der Waals surface area (Å²) in [5.41, 5.74) is 24.0. The molecule has 3 heteroatoms. The molecule has 6 aromatic carbocycles. The molecule has 1 N–H and O–H groups in total.